The van der Waals surface area contributed by atoms with Gasteiger partial charge in [-0.3, -0.25) is 0 Å². The summed E-state index contributed by atoms with van der Waals surface area (Å²) in [5, 5.41) is 16.4. The van der Waals surface area contributed by atoms with Crippen molar-refractivity contribution in [1.82, 2.24) is 4.98 Å². The summed E-state index contributed by atoms with van der Waals surface area (Å²) in [5.41, 5.74) is -0.222. The van der Waals surface area contributed by atoms with Crippen molar-refractivity contribution in [1.29, 1.82) is 0 Å². The second-order valence-corrected chi connectivity index (χ2v) is 8.53. The molecule has 162 valence electrons. The Bertz CT molecular complexity index is 1070. The Balaban J connectivity index is 1.40. The van der Waals surface area contributed by atoms with E-state index in [1.165, 1.54) is 23.5 Å². The molecule has 0 unspecified atom stereocenters. The van der Waals surface area contributed by atoms with Crippen molar-refractivity contribution in [2.24, 2.45) is 0 Å². The first-order valence-electron chi connectivity index (χ1n) is 9.77. The zero-order chi connectivity index (χ0) is 22.1. The number of thiazole rings is 1. The molecule has 1 aromatic heterocycles. The fourth-order valence-electron chi connectivity index (χ4n) is 3.58. The smallest absolute Gasteiger partial charge is 0.383 e. The molecule has 2 aromatic carbocycles. The van der Waals surface area contributed by atoms with Crippen LogP contribution in [0.4, 0.5) is 29.3 Å². The third-order valence-electron chi connectivity index (χ3n) is 5.21. The molecule has 0 bridgehead atoms. The highest BCUT2D eigenvalue weighted by Gasteiger charge is 2.36. The predicted molar refractivity (Wildman–Crippen MR) is 114 cm³/mol. The molecule has 0 spiro atoms. The van der Waals surface area contributed by atoms with Crippen LogP contribution < -0.4 is 10.6 Å². The van der Waals surface area contributed by atoms with Crippen molar-refractivity contribution in [2.45, 2.75) is 37.5 Å². The molecule has 2 amide bonds. The van der Waals surface area contributed by atoms with Gasteiger partial charge in [-0.05, 0) is 48.7 Å². The Morgan fingerprint density at radius 3 is 2.39 bits per heavy atom. The van der Waals surface area contributed by atoms with Crippen molar-refractivity contribution in [3.63, 3.8) is 0 Å². The van der Waals surface area contributed by atoms with E-state index in [9.17, 15) is 23.1 Å². The Morgan fingerprint density at radius 1 is 1.03 bits per heavy atom. The number of aliphatic hydroxyl groups is 1. The van der Waals surface area contributed by atoms with Gasteiger partial charge in [-0.15, -0.1) is 11.3 Å². The van der Waals surface area contributed by atoms with Gasteiger partial charge in [0.2, 0.25) is 0 Å². The monoisotopic (exact) mass is 447 g/mol. The lowest BCUT2D eigenvalue weighted by molar-refractivity contribution is -0.137. The van der Waals surface area contributed by atoms with Crippen LogP contribution in [0.25, 0.3) is 10.4 Å². The number of hydrogen-bond donors (Lipinski definition) is 3. The molecule has 1 saturated carbocycles. The Morgan fingerprint density at radius 2 is 1.71 bits per heavy atom. The number of nitrogens with zero attached hydrogens (tertiary/aromatic N) is 1. The first kappa shape index (κ1) is 21.3. The zero-order valence-electron chi connectivity index (χ0n) is 16.4. The number of anilines is 2. The van der Waals surface area contributed by atoms with Gasteiger partial charge in [0, 0.05) is 17.6 Å². The van der Waals surface area contributed by atoms with Gasteiger partial charge in [0.05, 0.1) is 10.4 Å². The predicted octanol–water partition coefficient (Wildman–Crippen LogP) is 6.23. The topological polar surface area (TPSA) is 74.2 Å². The summed E-state index contributed by atoms with van der Waals surface area (Å²) in [7, 11) is 0. The lowest BCUT2D eigenvalue weighted by Crippen LogP contribution is -2.20. The molecule has 0 aliphatic heterocycles. The van der Waals surface area contributed by atoms with E-state index >= 15 is 0 Å². The number of urea groups is 1. The highest BCUT2D eigenvalue weighted by molar-refractivity contribution is 7.15. The van der Waals surface area contributed by atoms with Gasteiger partial charge in [-0.2, -0.15) is 13.2 Å². The van der Waals surface area contributed by atoms with E-state index in [1.54, 1.807) is 18.3 Å². The molecule has 1 heterocycles. The van der Waals surface area contributed by atoms with Crippen molar-refractivity contribution in [2.75, 3.05) is 10.6 Å². The summed E-state index contributed by atoms with van der Waals surface area (Å²) in [6.45, 7) is 0. The van der Waals surface area contributed by atoms with Crippen LogP contribution in [-0.2, 0) is 11.8 Å². The fourth-order valence-corrected chi connectivity index (χ4v) is 4.65. The summed E-state index contributed by atoms with van der Waals surface area (Å²) in [6, 6.07) is 10.8. The van der Waals surface area contributed by atoms with Crippen LogP contribution in [0.3, 0.4) is 0 Å². The Hall–Kier alpha value is -2.91. The summed E-state index contributed by atoms with van der Waals surface area (Å²) in [4.78, 5) is 17.5. The molecule has 3 N–H and O–H groups in total. The summed E-state index contributed by atoms with van der Waals surface area (Å²) < 4.78 is 38.4. The summed E-state index contributed by atoms with van der Waals surface area (Å²) >= 11 is 1.45. The summed E-state index contributed by atoms with van der Waals surface area (Å²) in [6.07, 6.45) is 0.698. The van der Waals surface area contributed by atoms with E-state index in [0.29, 0.717) is 5.69 Å². The van der Waals surface area contributed by atoms with Crippen molar-refractivity contribution in [3.8, 4) is 10.4 Å². The Labute approximate surface area is 181 Å². The third-order valence-corrected chi connectivity index (χ3v) is 6.45. The normalized spacial score (nSPS) is 15.6. The van der Waals surface area contributed by atoms with Crippen LogP contribution in [0.5, 0.6) is 0 Å². The number of alkyl halides is 3. The van der Waals surface area contributed by atoms with Crippen LogP contribution in [0.15, 0.2) is 54.7 Å². The van der Waals surface area contributed by atoms with E-state index in [-0.39, 0.29) is 5.69 Å². The zero-order valence-corrected chi connectivity index (χ0v) is 17.2. The van der Waals surface area contributed by atoms with Gasteiger partial charge < -0.3 is 15.7 Å². The van der Waals surface area contributed by atoms with E-state index in [2.05, 4.69) is 15.6 Å². The lowest BCUT2D eigenvalue weighted by Gasteiger charge is -2.18. The standard InChI is InChI=1S/C22H20F3N3O2S/c23-22(24,25)15-4-3-5-17(12-15)28-20(29)27-16-8-6-14(7-9-16)18-13-26-19(31-18)21(30)10-1-2-11-21/h3-9,12-13,30H,1-2,10-11H2,(H2,27,28,29). The first-order valence-corrected chi connectivity index (χ1v) is 10.6. The van der Waals surface area contributed by atoms with Crippen LogP contribution in [0.2, 0.25) is 0 Å². The molecule has 4 rings (SSSR count). The van der Waals surface area contributed by atoms with Crippen LogP contribution in [-0.4, -0.2) is 16.1 Å². The van der Waals surface area contributed by atoms with Gasteiger partial charge in [0.15, 0.2) is 0 Å². The number of nitrogens with one attached hydrogen (secondary N) is 2. The summed E-state index contributed by atoms with van der Waals surface area (Å²) in [5.74, 6) is 0. The van der Waals surface area contributed by atoms with Crippen molar-refractivity contribution < 1.29 is 23.1 Å². The third kappa shape index (κ3) is 4.88. The van der Waals surface area contributed by atoms with Gasteiger partial charge in [-0.1, -0.05) is 31.0 Å². The van der Waals surface area contributed by atoms with Crippen LogP contribution >= 0.6 is 11.3 Å². The van der Waals surface area contributed by atoms with Crippen molar-refractivity contribution >= 4 is 28.7 Å². The average Bonchev–Trinajstić information content (AvgIpc) is 3.38. The minimum atomic E-state index is -4.48. The molecular formula is C22H20F3N3O2S. The highest BCUT2D eigenvalue weighted by Crippen LogP contribution is 2.42. The van der Waals surface area contributed by atoms with Gasteiger partial charge in [-0.25, -0.2) is 9.78 Å². The van der Waals surface area contributed by atoms with Crippen LogP contribution in [0.1, 0.15) is 36.3 Å². The molecule has 0 saturated heterocycles. The molecule has 1 aliphatic carbocycles. The molecule has 0 radical (unpaired) electrons. The maximum atomic E-state index is 12.8. The minimum absolute atomic E-state index is 0.0472. The number of carbonyl (C=O) groups excluding carboxylic acids is 1. The molecular weight excluding hydrogens is 427 g/mol. The second kappa shape index (κ2) is 8.32. The van der Waals surface area contributed by atoms with E-state index in [1.807, 2.05) is 12.1 Å². The number of aromatic nitrogens is 1. The Kier molecular flexibility index (Phi) is 5.72. The van der Waals surface area contributed by atoms with E-state index in [0.717, 1.165) is 53.3 Å². The number of amides is 2. The lowest BCUT2D eigenvalue weighted by atomic mass is 10.0. The maximum absolute atomic E-state index is 12.8. The van der Waals surface area contributed by atoms with E-state index in [4.69, 9.17) is 0 Å². The second-order valence-electron chi connectivity index (χ2n) is 7.50. The van der Waals surface area contributed by atoms with Crippen LogP contribution in [0, 0.1) is 0 Å². The average molecular weight is 447 g/mol. The fraction of sp³-hybridized carbons (Fsp3) is 0.273. The molecule has 5 nitrogen and oxygen atoms in total. The quantitative estimate of drug-likeness (QED) is 0.444. The highest BCUT2D eigenvalue weighted by atomic mass is 32.1. The van der Waals surface area contributed by atoms with Gasteiger partial charge in [0.25, 0.3) is 0 Å². The van der Waals surface area contributed by atoms with Gasteiger partial charge in [0.1, 0.15) is 10.6 Å². The molecule has 31 heavy (non-hydrogen) atoms. The maximum Gasteiger partial charge on any atom is 0.416 e. The minimum Gasteiger partial charge on any atom is -0.383 e. The number of carbonyl (C=O) groups is 1. The number of hydrogen-bond acceptors (Lipinski definition) is 4. The molecule has 3 aromatic rings. The SMILES string of the molecule is O=C(Nc1ccc(-c2cnc(C3(O)CCCC3)s2)cc1)Nc1cccc(C(F)(F)F)c1. The van der Waals surface area contributed by atoms with E-state index < -0.39 is 23.4 Å². The van der Waals surface area contributed by atoms with Crippen molar-refractivity contribution in [3.05, 3.63) is 65.3 Å². The molecule has 0 atom stereocenters. The number of rotatable bonds is 4. The molecule has 1 fully saturated rings. The molecule has 1 aliphatic rings. The van der Waals surface area contributed by atoms with Gasteiger partial charge >= 0.3 is 12.2 Å². The number of benzene rings is 2. The number of halogens is 3. The first-order chi connectivity index (χ1) is 14.7. The largest absolute Gasteiger partial charge is 0.416 e. The molecule has 9 heteroatoms.